The number of aryl methyl sites for hydroxylation is 1. The standard InChI is InChI=1S/C13H18N4O2S2/c1-3-17-21(18,19)11-4-5-12(14)13(6-11)16-8-10-7-15-9(2)20-10/h4-7,16-17H,3,8,14H2,1-2H3. The number of nitrogens with two attached hydrogens (primary N) is 1. The average Bonchev–Trinajstić information content (AvgIpc) is 2.83. The quantitative estimate of drug-likeness (QED) is 0.705. The van der Waals surface area contributed by atoms with Crippen LogP contribution in [0.3, 0.4) is 0 Å². The van der Waals surface area contributed by atoms with Crippen molar-refractivity contribution < 1.29 is 8.42 Å². The fourth-order valence-corrected chi connectivity index (χ4v) is 3.60. The molecule has 1 aromatic heterocycles. The van der Waals surface area contributed by atoms with Gasteiger partial charge in [-0.3, -0.25) is 0 Å². The molecule has 1 aromatic carbocycles. The summed E-state index contributed by atoms with van der Waals surface area (Å²) < 4.78 is 26.4. The van der Waals surface area contributed by atoms with E-state index in [4.69, 9.17) is 5.73 Å². The monoisotopic (exact) mass is 326 g/mol. The Labute approximate surface area is 128 Å². The number of nitrogens with zero attached hydrogens (tertiary/aromatic N) is 1. The number of aromatic nitrogens is 1. The van der Waals surface area contributed by atoms with E-state index >= 15 is 0 Å². The Bertz CT molecular complexity index is 726. The third kappa shape index (κ3) is 3.93. The topological polar surface area (TPSA) is 97.1 Å². The van der Waals surface area contributed by atoms with Crippen molar-refractivity contribution in [3.8, 4) is 0 Å². The Hall–Kier alpha value is -1.64. The number of hydrogen-bond donors (Lipinski definition) is 3. The Morgan fingerprint density at radius 3 is 2.76 bits per heavy atom. The zero-order valence-electron chi connectivity index (χ0n) is 11.9. The lowest BCUT2D eigenvalue weighted by Crippen LogP contribution is -2.23. The minimum Gasteiger partial charge on any atom is -0.397 e. The molecule has 0 aliphatic rings. The molecule has 0 atom stereocenters. The second-order valence-electron chi connectivity index (χ2n) is 4.45. The van der Waals surface area contributed by atoms with E-state index < -0.39 is 10.0 Å². The first-order chi connectivity index (χ1) is 9.92. The maximum absolute atomic E-state index is 12.0. The van der Waals surface area contributed by atoms with Crippen molar-refractivity contribution in [1.82, 2.24) is 9.71 Å². The fraction of sp³-hybridized carbons (Fsp3) is 0.308. The number of sulfonamides is 1. The largest absolute Gasteiger partial charge is 0.397 e. The Morgan fingerprint density at radius 2 is 2.14 bits per heavy atom. The summed E-state index contributed by atoms with van der Waals surface area (Å²) in [6.45, 7) is 4.57. The molecule has 1 heterocycles. The van der Waals surface area contributed by atoms with Gasteiger partial charge in [-0.1, -0.05) is 6.92 Å². The van der Waals surface area contributed by atoms with Crippen LogP contribution >= 0.6 is 11.3 Å². The van der Waals surface area contributed by atoms with Gasteiger partial charge in [0.25, 0.3) is 0 Å². The van der Waals surface area contributed by atoms with Gasteiger partial charge in [-0.2, -0.15) is 0 Å². The first-order valence-electron chi connectivity index (χ1n) is 6.46. The smallest absolute Gasteiger partial charge is 0.240 e. The van der Waals surface area contributed by atoms with Gasteiger partial charge in [0, 0.05) is 17.6 Å². The van der Waals surface area contributed by atoms with E-state index in [9.17, 15) is 8.42 Å². The van der Waals surface area contributed by atoms with Crippen molar-refractivity contribution in [1.29, 1.82) is 0 Å². The van der Waals surface area contributed by atoms with Gasteiger partial charge in [0.05, 0.1) is 27.8 Å². The van der Waals surface area contributed by atoms with Crippen LogP contribution in [0, 0.1) is 6.92 Å². The summed E-state index contributed by atoms with van der Waals surface area (Å²) in [5, 5.41) is 4.14. The van der Waals surface area contributed by atoms with Gasteiger partial charge in [-0.05, 0) is 25.1 Å². The molecule has 0 aliphatic heterocycles. The van der Waals surface area contributed by atoms with Gasteiger partial charge >= 0.3 is 0 Å². The van der Waals surface area contributed by atoms with E-state index in [-0.39, 0.29) is 4.90 Å². The molecule has 0 bridgehead atoms. The molecule has 0 spiro atoms. The van der Waals surface area contributed by atoms with Crippen LogP contribution in [0.2, 0.25) is 0 Å². The first-order valence-corrected chi connectivity index (χ1v) is 8.76. The molecule has 0 saturated carbocycles. The van der Waals surface area contributed by atoms with Crippen LogP contribution in [-0.2, 0) is 16.6 Å². The van der Waals surface area contributed by atoms with E-state index in [0.29, 0.717) is 24.5 Å². The highest BCUT2D eigenvalue weighted by Gasteiger charge is 2.14. The highest BCUT2D eigenvalue weighted by molar-refractivity contribution is 7.89. The van der Waals surface area contributed by atoms with Gasteiger partial charge in [0.2, 0.25) is 10.0 Å². The van der Waals surface area contributed by atoms with Gasteiger partial charge in [-0.25, -0.2) is 18.1 Å². The average molecular weight is 326 g/mol. The maximum Gasteiger partial charge on any atom is 0.240 e. The minimum atomic E-state index is -3.48. The van der Waals surface area contributed by atoms with Gasteiger partial charge < -0.3 is 11.1 Å². The third-order valence-corrected chi connectivity index (χ3v) is 5.25. The summed E-state index contributed by atoms with van der Waals surface area (Å²) in [7, 11) is -3.48. The zero-order chi connectivity index (χ0) is 15.5. The third-order valence-electron chi connectivity index (χ3n) is 2.79. The minimum absolute atomic E-state index is 0.196. The van der Waals surface area contributed by atoms with Crippen LogP contribution < -0.4 is 15.8 Å². The molecule has 0 saturated heterocycles. The molecular formula is C13H18N4O2S2. The van der Waals surface area contributed by atoms with Crippen LogP contribution in [0.25, 0.3) is 0 Å². The van der Waals surface area contributed by atoms with E-state index in [1.807, 2.05) is 6.92 Å². The molecule has 21 heavy (non-hydrogen) atoms. The van der Waals surface area contributed by atoms with Crippen LogP contribution in [-0.4, -0.2) is 19.9 Å². The first kappa shape index (κ1) is 15.7. The number of hydrogen-bond acceptors (Lipinski definition) is 6. The summed E-state index contributed by atoms with van der Waals surface area (Å²) in [6.07, 6.45) is 1.79. The number of thiazole rings is 1. The highest BCUT2D eigenvalue weighted by Crippen LogP contribution is 2.24. The Kier molecular flexibility index (Phi) is 4.81. The molecule has 0 fully saturated rings. The summed E-state index contributed by atoms with van der Waals surface area (Å²) in [6, 6.07) is 4.63. The van der Waals surface area contributed by atoms with Gasteiger partial charge in [0.15, 0.2) is 0 Å². The lowest BCUT2D eigenvalue weighted by atomic mass is 10.2. The molecule has 8 heteroatoms. The van der Waals surface area contributed by atoms with E-state index in [1.165, 1.54) is 6.07 Å². The van der Waals surface area contributed by atoms with E-state index in [1.54, 1.807) is 36.6 Å². The molecule has 6 nitrogen and oxygen atoms in total. The summed E-state index contributed by atoms with van der Waals surface area (Å²) >= 11 is 1.59. The predicted molar refractivity (Wildman–Crippen MR) is 85.9 cm³/mol. The fourth-order valence-electron chi connectivity index (χ4n) is 1.80. The molecule has 0 amide bonds. The molecule has 4 N–H and O–H groups in total. The Morgan fingerprint density at radius 1 is 1.38 bits per heavy atom. The van der Waals surface area contributed by atoms with Crippen molar-refractivity contribution in [2.24, 2.45) is 0 Å². The van der Waals surface area contributed by atoms with E-state index in [0.717, 1.165) is 9.88 Å². The lowest BCUT2D eigenvalue weighted by Gasteiger charge is -2.11. The maximum atomic E-state index is 12.0. The van der Waals surface area contributed by atoms with Crippen LogP contribution in [0.5, 0.6) is 0 Å². The number of benzene rings is 1. The molecule has 114 valence electrons. The number of nitrogen functional groups attached to an aromatic ring is 1. The molecule has 2 aromatic rings. The predicted octanol–water partition coefficient (Wildman–Crippen LogP) is 1.94. The lowest BCUT2D eigenvalue weighted by molar-refractivity contribution is 0.584. The molecule has 0 radical (unpaired) electrons. The van der Waals surface area contributed by atoms with Crippen LogP contribution in [0.15, 0.2) is 29.3 Å². The second-order valence-corrected chi connectivity index (χ2v) is 7.54. The number of nitrogens with one attached hydrogen (secondary N) is 2. The molecule has 0 aliphatic carbocycles. The van der Waals surface area contributed by atoms with Crippen molar-refractivity contribution in [3.05, 3.63) is 34.3 Å². The Balaban J connectivity index is 2.19. The van der Waals surface area contributed by atoms with Gasteiger partial charge in [0.1, 0.15) is 0 Å². The van der Waals surface area contributed by atoms with Gasteiger partial charge in [-0.15, -0.1) is 11.3 Å². The summed E-state index contributed by atoms with van der Waals surface area (Å²) in [4.78, 5) is 5.43. The van der Waals surface area contributed by atoms with Crippen molar-refractivity contribution in [2.45, 2.75) is 25.3 Å². The summed E-state index contributed by atoms with van der Waals surface area (Å²) in [5.41, 5.74) is 6.99. The molecule has 0 unspecified atom stereocenters. The zero-order valence-corrected chi connectivity index (χ0v) is 13.5. The van der Waals surface area contributed by atoms with Crippen molar-refractivity contribution in [3.63, 3.8) is 0 Å². The second kappa shape index (κ2) is 6.42. The van der Waals surface area contributed by atoms with E-state index in [2.05, 4.69) is 15.0 Å². The molecule has 2 rings (SSSR count). The van der Waals surface area contributed by atoms with Crippen LogP contribution in [0.1, 0.15) is 16.8 Å². The van der Waals surface area contributed by atoms with Crippen molar-refractivity contribution >= 4 is 32.7 Å². The van der Waals surface area contributed by atoms with Crippen molar-refractivity contribution in [2.75, 3.05) is 17.6 Å². The SMILES string of the molecule is CCNS(=O)(=O)c1ccc(N)c(NCc2cnc(C)s2)c1. The molecular weight excluding hydrogens is 308 g/mol. The highest BCUT2D eigenvalue weighted by atomic mass is 32.2. The summed E-state index contributed by atoms with van der Waals surface area (Å²) in [5.74, 6) is 0. The number of anilines is 2. The normalized spacial score (nSPS) is 11.5. The van der Waals surface area contributed by atoms with Crippen LogP contribution in [0.4, 0.5) is 11.4 Å². The number of rotatable bonds is 6.